The lowest BCUT2D eigenvalue weighted by molar-refractivity contribution is -0.126. The van der Waals surface area contributed by atoms with Crippen LogP contribution in [0.15, 0.2) is 29.2 Å². The van der Waals surface area contributed by atoms with Crippen LogP contribution in [0, 0.1) is 12.3 Å². The van der Waals surface area contributed by atoms with Gasteiger partial charge in [0, 0.05) is 0 Å². The van der Waals surface area contributed by atoms with Crippen LogP contribution in [0.1, 0.15) is 6.92 Å². The van der Waals surface area contributed by atoms with E-state index in [1.165, 1.54) is 24.3 Å². The largest absolute Gasteiger partial charge is 0.481 e. The molecule has 1 atom stereocenters. The minimum absolute atomic E-state index is 0.0238. The van der Waals surface area contributed by atoms with E-state index in [2.05, 4.69) is 11.2 Å². The van der Waals surface area contributed by atoms with E-state index in [1.807, 2.05) is 0 Å². The molecule has 0 heterocycles. The molecule has 0 saturated carbocycles. The average molecular weight is 282 g/mol. The Morgan fingerprint density at radius 1 is 1.47 bits per heavy atom. The van der Waals surface area contributed by atoms with Crippen molar-refractivity contribution in [1.29, 1.82) is 0 Å². The molecule has 6 nitrogen and oxygen atoms in total. The number of hydrogen-bond acceptors (Lipinski definition) is 4. The predicted molar refractivity (Wildman–Crippen MR) is 69.7 cm³/mol. The summed E-state index contributed by atoms with van der Waals surface area (Å²) in [7, 11) is -3.73. The molecule has 1 rings (SSSR count). The zero-order valence-corrected chi connectivity index (χ0v) is 11.1. The van der Waals surface area contributed by atoms with Crippen LogP contribution in [0.5, 0.6) is 5.75 Å². The van der Waals surface area contributed by atoms with Crippen molar-refractivity contribution >= 4 is 15.9 Å². The van der Waals surface area contributed by atoms with Gasteiger partial charge in [-0.15, -0.1) is 6.42 Å². The number of sulfonamides is 1. The van der Waals surface area contributed by atoms with Crippen molar-refractivity contribution in [3.63, 3.8) is 0 Å². The standard InChI is InChI=1S/C12H14N2O4S/c1-3-8-14-12(15)9(2)18-10-4-6-11(7-5-10)19(13,16)17/h1,4-7,9H,8H2,2H3,(H,14,15)(H2,13,16,17). The summed E-state index contributed by atoms with van der Waals surface area (Å²) in [6.07, 6.45) is 4.27. The molecule has 0 aliphatic rings. The Labute approximate surface area is 112 Å². The van der Waals surface area contributed by atoms with Crippen LogP contribution >= 0.6 is 0 Å². The summed E-state index contributed by atoms with van der Waals surface area (Å²) in [4.78, 5) is 11.5. The van der Waals surface area contributed by atoms with E-state index < -0.39 is 16.1 Å². The molecule has 19 heavy (non-hydrogen) atoms. The van der Waals surface area contributed by atoms with Gasteiger partial charge in [0.2, 0.25) is 10.0 Å². The number of ether oxygens (including phenoxy) is 1. The fourth-order valence-electron chi connectivity index (χ4n) is 1.25. The van der Waals surface area contributed by atoms with Crippen molar-refractivity contribution in [2.45, 2.75) is 17.9 Å². The molecule has 0 saturated heterocycles. The quantitative estimate of drug-likeness (QED) is 0.734. The van der Waals surface area contributed by atoms with Gasteiger partial charge >= 0.3 is 0 Å². The van der Waals surface area contributed by atoms with Crippen LogP contribution < -0.4 is 15.2 Å². The van der Waals surface area contributed by atoms with Gasteiger partial charge in [-0.05, 0) is 31.2 Å². The van der Waals surface area contributed by atoms with Crippen molar-refractivity contribution in [3.05, 3.63) is 24.3 Å². The summed E-state index contributed by atoms with van der Waals surface area (Å²) in [5, 5.41) is 7.43. The Balaban J connectivity index is 2.68. The smallest absolute Gasteiger partial charge is 0.261 e. The molecule has 1 aromatic carbocycles. The van der Waals surface area contributed by atoms with E-state index in [-0.39, 0.29) is 17.3 Å². The lowest BCUT2D eigenvalue weighted by Gasteiger charge is -2.13. The number of terminal acetylenes is 1. The first-order valence-electron chi connectivity index (χ1n) is 5.35. The average Bonchev–Trinajstić information content (AvgIpc) is 2.35. The topological polar surface area (TPSA) is 98.5 Å². The van der Waals surface area contributed by atoms with Gasteiger partial charge in [-0.1, -0.05) is 5.92 Å². The fourth-order valence-corrected chi connectivity index (χ4v) is 1.76. The molecule has 3 N–H and O–H groups in total. The first-order chi connectivity index (χ1) is 8.84. The van der Waals surface area contributed by atoms with Crippen LogP contribution in [0.4, 0.5) is 0 Å². The molecule has 0 aliphatic carbocycles. The minimum atomic E-state index is -3.73. The molecule has 0 aliphatic heterocycles. The molecule has 0 fully saturated rings. The summed E-state index contributed by atoms with van der Waals surface area (Å²) in [6.45, 7) is 1.68. The number of amides is 1. The van der Waals surface area contributed by atoms with E-state index in [4.69, 9.17) is 16.3 Å². The van der Waals surface area contributed by atoms with Crippen LogP contribution in [0.2, 0.25) is 0 Å². The highest BCUT2D eigenvalue weighted by Gasteiger charge is 2.14. The van der Waals surface area contributed by atoms with Crippen molar-refractivity contribution in [2.24, 2.45) is 5.14 Å². The van der Waals surface area contributed by atoms with Crippen molar-refractivity contribution in [3.8, 4) is 18.1 Å². The number of carbonyl (C=O) groups is 1. The maximum atomic E-state index is 11.5. The van der Waals surface area contributed by atoms with Gasteiger partial charge in [0.15, 0.2) is 6.10 Å². The summed E-state index contributed by atoms with van der Waals surface area (Å²) >= 11 is 0. The third-order valence-electron chi connectivity index (χ3n) is 2.20. The first-order valence-corrected chi connectivity index (χ1v) is 6.90. The first kappa shape index (κ1) is 15.0. The Kier molecular flexibility index (Phi) is 4.92. The van der Waals surface area contributed by atoms with Crippen molar-refractivity contribution in [1.82, 2.24) is 5.32 Å². The van der Waals surface area contributed by atoms with E-state index in [9.17, 15) is 13.2 Å². The fraction of sp³-hybridized carbons (Fsp3) is 0.250. The summed E-state index contributed by atoms with van der Waals surface area (Å²) in [6, 6.07) is 5.45. The third-order valence-corrected chi connectivity index (χ3v) is 3.13. The van der Waals surface area contributed by atoms with Gasteiger partial charge < -0.3 is 10.1 Å². The van der Waals surface area contributed by atoms with Crippen LogP contribution in [-0.4, -0.2) is 27.0 Å². The molecular weight excluding hydrogens is 268 g/mol. The van der Waals surface area contributed by atoms with Crippen molar-refractivity contribution in [2.75, 3.05) is 6.54 Å². The molecular formula is C12H14N2O4S. The van der Waals surface area contributed by atoms with Crippen molar-refractivity contribution < 1.29 is 17.9 Å². The van der Waals surface area contributed by atoms with E-state index in [1.54, 1.807) is 6.92 Å². The van der Waals surface area contributed by atoms with Crippen LogP contribution in [-0.2, 0) is 14.8 Å². The van der Waals surface area contributed by atoms with Crippen LogP contribution in [0.3, 0.4) is 0 Å². The highest BCUT2D eigenvalue weighted by Crippen LogP contribution is 2.16. The van der Waals surface area contributed by atoms with Gasteiger partial charge in [0.1, 0.15) is 5.75 Å². The second kappa shape index (κ2) is 6.22. The zero-order chi connectivity index (χ0) is 14.5. The Morgan fingerprint density at radius 2 is 2.05 bits per heavy atom. The Bertz CT molecular complexity index is 587. The van der Waals surface area contributed by atoms with Gasteiger partial charge in [-0.2, -0.15) is 0 Å². The molecule has 0 aromatic heterocycles. The summed E-state index contributed by atoms with van der Waals surface area (Å²) in [5.41, 5.74) is 0. The Morgan fingerprint density at radius 3 is 2.53 bits per heavy atom. The molecule has 1 unspecified atom stereocenters. The van der Waals surface area contributed by atoms with Gasteiger partial charge in [-0.3, -0.25) is 4.79 Å². The maximum absolute atomic E-state index is 11.5. The molecule has 7 heteroatoms. The third kappa shape index (κ3) is 4.62. The van der Waals surface area contributed by atoms with E-state index in [0.717, 1.165) is 0 Å². The second-order valence-electron chi connectivity index (χ2n) is 3.70. The zero-order valence-electron chi connectivity index (χ0n) is 10.3. The molecule has 0 bridgehead atoms. The number of carbonyl (C=O) groups excluding carboxylic acids is 1. The minimum Gasteiger partial charge on any atom is -0.481 e. The van der Waals surface area contributed by atoms with E-state index >= 15 is 0 Å². The molecule has 0 spiro atoms. The summed E-state index contributed by atoms with van der Waals surface area (Å²) in [5.74, 6) is 2.28. The predicted octanol–water partition coefficient (Wildman–Crippen LogP) is -0.149. The van der Waals surface area contributed by atoms with Crippen LogP contribution in [0.25, 0.3) is 0 Å². The second-order valence-corrected chi connectivity index (χ2v) is 5.26. The SMILES string of the molecule is C#CCNC(=O)C(C)Oc1ccc(S(N)(=O)=O)cc1. The normalized spacial score (nSPS) is 12.3. The molecule has 1 amide bonds. The number of benzene rings is 1. The lowest BCUT2D eigenvalue weighted by Crippen LogP contribution is -2.36. The number of primary sulfonamides is 1. The van der Waals surface area contributed by atoms with Gasteiger partial charge in [-0.25, -0.2) is 13.6 Å². The lowest BCUT2D eigenvalue weighted by atomic mass is 10.3. The number of nitrogens with one attached hydrogen (secondary N) is 1. The highest BCUT2D eigenvalue weighted by atomic mass is 32.2. The summed E-state index contributed by atoms with van der Waals surface area (Å²) < 4.78 is 27.4. The maximum Gasteiger partial charge on any atom is 0.261 e. The molecule has 0 radical (unpaired) electrons. The van der Waals surface area contributed by atoms with E-state index in [0.29, 0.717) is 5.75 Å². The van der Waals surface area contributed by atoms with Gasteiger partial charge in [0.05, 0.1) is 11.4 Å². The number of nitrogens with two attached hydrogens (primary N) is 1. The van der Waals surface area contributed by atoms with Gasteiger partial charge in [0.25, 0.3) is 5.91 Å². The molecule has 1 aromatic rings. The number of rotatable bonds is 5. The highest BCUT2D eigenvalue weighted by molar-refractivity contribution is 7.89. The number of hydrogen-bond donors (Lipinski definition) is 2. The molecule has 102 valence electrons. The monoisotopic (exact) mass is 282 g/mol. The Hall–Kier alpha value is -2.04.